The molecule has 3 aromatic rings. The first-order chi connectivity index (χ1) is 20.7. The first-order valence-corrected chi connectivity index (χ1v) is 14.2. The van der Waals surface area contributed by atoms with Gasteiger partial charge in [0.15, 0.2) is 16.5 Å². The van der Waals surface area contributed by atoms with Crippen molar-refractivity contribution in [2.75, 3.05) is 21.8 Å². The number of rotatable bonds is 7. The van der Waals surface area contributed by atoms with Crippen molar-refractivity contribution in [2.24, 2.45) is 0 Å². The lowest BCUT2D eigenvalue weighted by molar-refractivity contribution is -0.138. The average Bonchev–Trinajstić information content (AvgIpc) is 3.37. The molecule has 0 aliphatic carbocycles. The third-order valence-corrected chi connectivity index (χ3v) is 7.78. The van der Waals surface area contributed by atoms with Crippen LogP contribution >= 0.6 is 12.2 Å². The van der Waals surface area contributed by atoms with Gasteiger partial charge in [0.25, 0.3) is 11.8 Å². The third kappa shape index (κ3) is 4.98. The van der Waals surface area contributed by atoms with Gasteiger partial charge in [-0.15, -0.1) is 0 Å². The molecular weight excluding hydrogens is 597 g/mol. The molecular formula is C29H29F3N8O3S. The molecule has 0 bridgehead atoms. The number of carbonyl (C=O) groups excluding carboxylic acids is 2. The van der Waals surface area contributed by atoms with Gasteiger partial charge in [0, 0.05) is 17.7 Å². The summed E-state index contributed by atoms with van der Waals surface area (Å²) in [7, 11) is 0. The summed E-state index contributed by atoms with van der Waals surface area (Å²) in [6.45, 7) is 9.11. The van der Waals surface area contributed by atoms with E-state index in [-0.39, 0.29) is 16.7 Å². The van der Waals surface area contributed by atoms with Crippen molar-refractivity contribution >= 4 is 40.5 Å². The second kappa shape index (κ2) is 11.1. The van der Waals surface area contributed by atoms with Crippen LogP contribution in [-0.4, -0.2) is 43.7 Å². The molecule has 2 aliphatic rings. The summed E-state index contributed by atoms with van der Waals surface area (Å²) in [6, 6.07) is 7.20. The van der Waals surface area contributed by atoms with E-state index in [0.717, 1.165) is 17.5 Å². The maximum absolute atomic E-state index is 13.7. The first kappa shape index (κ1) is 30.7. The Balaban J connectivity index is 1.57. The predicted octanol–water partition coefficient (Wildman–Crippen LogP) is 4.73. The number of nitriles is 1. The Bertz CT molecular complexity index is 1730. The number of nitrogens with one attached hydrogen (secondary N) is 2. The van der Waals surface area contributed by atoms with Gasteiger partial charge in [0.05, 0.1) is 29.7 Å². The number of hydrogen-bond acceptors (Lipinski definition) is 8. The highest BCUT2D eigenvalue weighted by Crippen LogP contribution is 2.41. The fraction of sp³-hybridized carbons (Fsp3) is 0.379. The standard InChI is InChI=1S/C29H29F3N8O3S/c1-6-8-22-35-15(3)23-25(41)36-24(37-40(22)23)18-11-16(9-10-21(18)43-7-2)39-27(44)38(26(42)28(39,4)5)17-12-19(29(30,31)32)20(13-33)34-14-17/h9-12,14,24,37H,6-8H2,1-5H3,(H,36,41). The number of alkyl halides is 3. The summed E-state index contributed by atoms with van der Waals surface area (Å²) < 4.78 is 48.7. The molecule has 1 aromatic carbocycles. The van der Waals surface area contributed by atoms with Crippen molar-refractivity contribution in [3.8, 4) is 11.8 Å². The summed E-state index contributed by atoms with van der Waals surface area (Å²) in [6.07, 6.45) is -3.17. The second-order valence-electron chi connectivity index (χ2n) is 10.8. The predicted molar refractivity (Wildman–Crippen MR) is 159 cm³/mol. The van der Waals surface area contributed by atoms with E-state index in [1.807, 2.05) is 13.8 Å². The molecule has 2 amide bonds. The quantitative estimate of drug-likeness (QED) is 0.358. The van der Waals surface area contributed by atoms with Crippen LogP contribution < -0.4 is 25.3 Å². The van der Waals surface area contributed by atoms with Gasteiger partial charge < -0.3 is 15.0 Å². The highest BCUT2D eigenvalue weighted by Gasteiger charge is 2.51. The van der Waals surface area contributed by atoms with Gasteiger partial charge in [0.1, 0.15) is 29.3 Å². The van der Waals surface area contributed by atoms with Crippen LogP contribution in [0.3, 0.4) is 0 Å². The van der Waals surface area contributed by atoms with Crippen LogP contribution in [0, 0.1) is 18.3 Å². The van der Waals surface area contributed by atoms with Crippen LogP contribution in [0.25, 0.3) is 0 Å². The summed E-state index contributed by atoms with van der Waals surface area (Å²) in [5.41, 5.74) is 1.62. The van der Waals surface area contributed by atoms with Crippen LogP contribution in [0.2, 0.25) is 0 Å². The average molecular weight is 627 g/mol. The molecule has 1 fully saturated rings. The number of anilines is 2. The van der Waals surface area contributed by atoms with Gasteiger partial charge in [-0.25, -0.2) is 14.6 Å². The Kier molecular flexibility index (Phi) is 7.75. The van der Waals surface area contributed by atoms with Crippen LogP contribution in [0.4, 0.5) is 24.5 Å². The molecule has 1 saturated heterocycles. The lowest BCUT2D eigenvalue weighted by Crippen LogP contribution is -2.46. The van der Waals surface area contributed by atoms with E-state index in [1.165, 1.54) is 11.0 Å². The summed E-state index contributed by atoms with van der Waals surface area (Å²) >= 11 is 5.68. The zero-order valence-electron chi connectivity index (χ0n) is 24.5. The van der Waals surface area contributed by atoms with Crippen molar-refractivity contribution in [1.82, 2.24) is 20.0 Å². The zero-order valence-corrected chi connectivity index (χ0v) is 25.4. The molecule has 0 radical (unpaired) electrons. The molecule has 5 rings (SSSR count). The monoisotopic (exact) mass is 626 g/mol. The number of thiocarbonyl (C=S) groups is 1. The number of pyridine rings is 1. The van der Waals surface area contributed by atoms with E-state index in [4.69, 9.17) is 22.2 Å². The lowest BCUT2D eigenvalue weighted by Gasteiger charge is -2.33. The maximum atomic E-state index is 13.7. The SMILES string of the molecule is CCCc1nc(C)c2n1NC(c1cc(N3C(=S)N(c4cnc(C#N)c(C(F)(F)F)c4)C(=O)C3(C)C)ccc1OCC)NC2=O. The number of aromatic nitrogens is 3. The van der Waals surface area contributed by atoms with E-state index >= 15 is 0 Å². The van der Waals surface area contributed by atoms with Gasteiger partial charge in [-0.05, 0) is 70.6 Å². The Labute approximate surface area is 256 Å². The van der Waals surface area contributed by atoms with E-state index in [1.54, 1.807) is 43.6 Å². The molecule has 2 N–H and O–H groups in total. The normalized spacial score (nSPS) is 17.7. The topological polar surface area (TPSA) is 128 Å². The van der Waals surface area contributed by atoms with Gasteiger partial charge in [-0.3, -0.25) is 19.9 Å². The molecule has 11 nitrogen and oxygen atoms in total. The van der Waals surface area contributed by atoms with E-state index in [2.05, 4.69) is 20.7 Å². The number of halogens is 3. The number of carbonyl (C=O) groups is 2. The number of fused-ring (bicyclic) bond motifs is 1. The minimum absolute atomic E-state index is 0.0897. The van der Waals surface area contributed by atoms with E-state index < -0.39 is 35.0 Å². The Morgan fingerprint density at radius 1 is 1.18 bits per heavy atom. The molecule has 2 aromatic heterocycles. The Hall–Kier alpha value is -4.71. The van der Waals surface area contributed by atoms with Crippen LogP contribution in [0.5, 0.6) is 5.75 Å². The van der Waals surface area contributed by atoms with Gasteiger partial charge in [-0.1, -0.05) is 6.92 Å². The van der Waals surface area contributed by atoms with Gasteiger partial charge >= 0.3 is 6.18 Å². The van der Waals surface area contributed by atoms with Crippen LogP contribution in [0.15, 0.2) is 30.5 Å². The van der Waals surface area contributed by atoms with Crippen molar-refractivity contribution in [2.45, 2.75) is 65.3 Å². The lowest BCUT2D eigenvalue weighted by atomic mass is 10.0. The van der Waals surface area contributed by atoms with E-state index in [9.17, 15) is 22.8 Å². The highest BCUT2D eigenvalue weighted by atomic mass is 32.1. The number of ether oxygens (including phenoxy) is 1. The maximum Gasteiger partial charge on any atom is 0.419 e. The number of aryl methyl sites for hydroxylation is 2. The van der Waals surface area contributed by atoms with Crippen molar-refractivity contribution < 1.29 is 27.5 Å². The number of hydrogen-bond donors (Lipinski definition) is 2. The Morgan fingerprint density at radius 3 is 2.55 bits per heavy atom. The van der Waals surface area contributed by atoms with E-state index in [0.29, 0.717) is 53.3 Å². The number of nitrogens with zero attached hydrogens (tertiary/aromatic N) is 6. The van der Waals surface area contributed by atoms with Crippen molar-refractivity contribution in [1.29, 1.82) is 5.26 Å². The number of benzene rings is 1. The summed E-state index contributed by atoms with van der Waals surface area (Å²) in [5.74, 6) is 0.236. The third-order valence-electron chi connectivity index (χ3n) is 7.42. The molecule has 0 spiro atoms. The molecule has 2 aliphatic heterocycles. The molecule has 1 atom stereocenters. The molecule has 4 heterocycles. The fourth-order valence-corrected chi connectivity index (χ4v) is 5.94. The molecule has 1 unspecified atom stereocenters. The minimum atomic E-state index is -4.88. The second-order valence-corrected chi connectivity index (χ2v) is 11.1. The minimum Gasteiger partial charge on any atom is -0.493 e. The number of amides is 2. The smallest absolute Gasteiger partial charge is 0.419 e. The molecule has 15 heteroatoms. The largest absolute Gasteiger partial charge is 0.493 e. The first-order valence-electron chi connectivity index (χ1n) is 13.8. The summed E-state index contributed by atoms with van der Waals surface area (Å²) in [5, 5.41) is 12.0. The summed E-state index contributed by atoms with van der Waals surface area (Å²) in [4.78, 5) is 37.6. The number of imidazole rings is 1. The van der Waals surface area contributed by atoms with Gasteiger partial charge in [0.2, 0.25) is 0 Å². The van der Waals surface area contributed by atoms with Crippen molar-refractivity contribution in [3.63, 3.8) is 0 Å². The zero-order chi connectivity index (χ0) is 32.1. The fourth-order valence-electron chi connectivity index (χ4n) is 5.42. The van der Waals surface area contributed by atoms with Crippen molar-refractivity contribution in [3.05, 3.63) is 64.5 Å². The van der Waals surface area contributed by atoms with Crippen LogP contribution in [-0.2, 0) is 17.4 Å². The highest BCUT2D eigenvalue weighted by molar-refractivity contribution is 7.81. The molecule has 44 heavy (non-hydrogen) atoms. The van der Waals surface area contributed by atoms with Gasteiger partial charge in [-0.2, -0.15) is 18.4 Å². The molecule has 230 valence electrons. The van der Waals surface area contributed by atoms with Crippen LogP contribution in [0.1, 0.15) is 79.1 Å². The Morgan fingerprint density at radius 2 is 1.91 bits per heavy atom. The molecule has 0 saturated carbocycles.